The fraction of sp³-hybridized carbons (Fsp3) is 0.500. The topological polar surface area (TPSA) is 55.6 Å². The van der Waals surface area contributed by atoms with E-state index in [0.717, 1.165) is 10.8 Å². The maximum Gasteiger partial charge on any atom is 0.273 e. The van der Waals surface area contributed by atoms with Crippen LogP contribution in [-0.4, -0.2) is 40.6 Å². The molecule has 1 aliphatic rings. The molecule has 2 aromatic heterocycles. The summed E-state index contributed by atoms with van der Waals surface area (Å²) in [5.41, 5.74) is 0.142. The van der Waals surface area contributed by atoms with Gasteiger partial charge in [-0.2, -0.15) is 0 Å². The molecule has 118 valence electrons. The normalized spacial score (nSPS) is 21.1. The van der Waals surface area contributed by atoms with Crippen LogP contribution in [0.2, 0.25) is 0 Å². The summed E-state index contributed by atoms with van der Waals surface area (Å²) < 4.78 is 11.4. The van der Waals surface area contributed by atoms with Crippen LogP contribution in [0.1, 0.15) is 37.0 Å². The maximum absolute atomic E-state index is 12.7. The Kier molecular flexibility index (Phi) is 3.82. The molecule has 0 bridgehead atoms. The van der Waals surface area contributed by atoms with E-state index >= 15 is 0 Å². The summed E-state index contributed by atoms with van der Waals surface area (Å²) in [6.07, 6.45) is 0.0264. The molecule has 1 atom stereocenters. The first-order valence-corrected chi connectivity index (χ1v) is 8.21. The summed E-state index contributed by atoms with van der Waals surface area (Å²) in [6, 6.07) is 3.77. The average Bonchev–Trinajstić information content (AvgIpc) is 3.03. The summed E-state index contributed by atoms with van der Waals surface area (Å²) >= 11 is 1.43. The molecule has 6 heteroatoms. The molecule has 5 nitrogen and oxygen atoms in total. The Balaban J connectivity index is 1.79. The molecule has 3 heterocycles. The van der Waals surface area contributed by atoms with Gasteiger partial charge in [0.2, 0.25) is 0 Å². The van der Waals surface area contributed by atoms with Crippen LogP contribution in [0.25, 0.3) is 10.8 Å². The average molecular weight is 320 g/mol. The van der Waals surface area contributed by atoms with E-state index in [4.69, 9.17) is 9.15 Å². The van der Waals surface area contributed by atoms with Crippen molar-refractivity contribution in [2.45, 2.75) is 39.4 Å². The van der Waals surface area contributed by atoms with Crippen LogP contribution in [-0.2, 0) is 4.74 Å². The van der Waals surface area contributed by atoms with Crippen LogP contribution in [0.3, 0.4) is 0 Å². The molecule has 2 aromatic rings. The molecule has 0 spiro atoms. The van der Waals surface area contributed by atoms with E-state index in [1.165, 1.54) is 11.3 Å². The van der Waals surface area contributed by atoms with Gasteiger partial charge in [-0.15, -0.1) is 11.3 Å². The van der Waals surface area contributed by atoms with Gasteiger partial charge < -0.3 is 14.1 Å². The van der Waals surface area contributed by atoms with Crippen molar-refractivity contribution in [1.29, 1.82) is 0 Å². The summed E-state index contributed by atoms with van der Waals surface area (Å²) in [7, 11) is 0. The number of nitrogens with zero attached hydrogens (tertiary/aromatic N) is 2. The van der Waals surface area contributed by atoms with Crippen LogP contribution < -0.4 is 0 Å². The highest BCUT2D eigenvalue weighted by Gasteiger charge is 2.34. The quantitative estimate of drug-likeness (QED) is 0.851. The SMILES string of the molecule is Cc1ccc(-c2nc(C(=O)N3CC(C)OC(C)(C)C3)cs2)o1. The van der Waals surface area contributed by atoms with E-state index in [0.29, 0.717) is 24.5 Å². The van der Waals surface area contributed by atoms with Gasteiger partial charge in [0, 0.05) is 18.5 Å². The second-order valence-corrected chi connectivity index (χ2v) is 7.18. The van der Waals surface area contributed by atoms with Crippen LogP contribution in [0, 0.1) is 6.92 Å². The zero-order valence-corrected chi connectivity index (χ0v) is 14.1. The second kappa shape index (κ2) is 5.52. The van der Waals surface area contributed by atoms with Crippen LogP contribution in [0.5, 0.6) is 0 Å². The van der Waals surface area contributed by atoms with Gasteiger partial charge >= 0.3 is 0 Å². The number of carbonyl (C=O) groups is 1. The number of rotatable bonds is 2. The Hall–Kier alpha value is -1.66. The smallest absolute Gasteiger partial charge is 0.273 e. The van der Waals surface area contributed by atoms with Crippen LogP contribution in [0.15, 0.2) is 21.9 Å². The second-order valence-electron chi connectivity index (χ2n) is 6.32. The number of morpholine rings is 1. The molecule has 0 aliphatic carbocycles. The zero-order chi connectivity index (χ0) is 15.9. The molecule has 0 radical (unpaired) electrons. The first-order valence-electron chi connectivity index (χ1n) is 7.33. The first kappa shape index (κ1) is 15.2. The van der Waals surface area contributed by atoms with Crippen molar-refractivity contribution < 1.29 is 13.9 Å². The summed E-state index contributed by atoms with van der Waals surface area (Å²) in [5, 5.41) is 2.53. The largest absolute Gasteiger partial charge is 0.459 e. The number of aromatic nitrogens is 1. The molecule has 0 aromatic carbocycles. The monoisotopic (exact) mass is 320 g/mol. The highest BCUT2D eigenvalue weighted by molar-refractivity contribution is 7.13. The van der Waals surface area contributed by atoms with Gasteiger partial charge in [-0.25, -0.2) is 4.98 Å². The molecule has 1 fully saturated rings. The summed E-state index contributed by atoms with van der Waals surface area (Å²) in [6.45, 7) is 9.04. The van der Waals surface area contributed by atoms with Gasteiger partial charge in [0.05, 0.1) is 11.7 Å². The predicted octanol–water partition coefficient (Wildman–Crippen LogP) is 3.35. The highest BCUT2D eigenvalue weighted by Crippen LogP contribution is 2.27. The number of hydrogen-bond donors (Lipinski definition) is 0. The Bertz CT molecular complexity index is 689. The van der Waals surface area contributed by atoms with Crippen molar-refractivity contribution in [3.8, 4) is 10.8 Å². The molecular weight excluding hydrogens is 300 g/mol. The van der Waals surface area contributed by atoms with Crippen molar-refractivity contribution in [2.24, 2.45) is 0 Å². The first-order chi connectivity index (χ1) is 10.3. The molecule has 1 amide bonds. The van der Waals surface area contributed by atoms with Crippen molar-refractivity contribution in [3.05, 3.63) is 29.0 Å². The lowest BCUT2D eigenvalue weighted by Crippen LogP contribution is -2.53. The lowest BCUT2D eigenvalue weighted by atomic mass is 10.1. The van der Waals surface area contributed by atoms with Crippen molar-refractivity contribution in [1.82, 2.24) is 9.88 Å². The van der Waals surface area contributed by atoms with Gasteiger partial charge in [0.15, 0.2) is 10.8 Å². The molecule has 0 N–H and O–H groups in total. The van der Waals surface area contributed by atoms with Crippen LogP contribution >= 0.6 is 11.3 Å². The minimum atomic E-state index is -0.329. The third kappa shape index (κ3) is 3.08. The van der Waals surface area contributed by atoms with E-state index in [2.05, 4.69) is 4.98 Å². The summed E-state index contributed by atoms with van der Waals surface area (Å²) in [4.78, 5) is 18.9. The number of thiazole rings is 1. The maximum atomic E-state index is 12.7. The third-order valence-electron chi connectivity index (χ3n) is 3.53. The minimum Gasteiger partial charge on any atom is -0.459 e. The predicted molar refractivity (Wildman–Crippen MR) is 85.1 cm³/mol. The summed E-state index contributed by atoms with van der Waals surface area (Å²) in [5.74, 6) is 1.49. The van der Waals surface area contributed by atoms with Gasteiger partial charge in [-0.3, -0.25) is 4.79 Å². The molecular formula is C16H20N2O3S. The lowest BCUT2D eigenvalue weighted by molar-refractivity contribution is -0.118. The van der Waals surface area contributed by atoms with E-state index in [1.54, 1.807) is 5.38 Å². The van der Waals surface area contributed by atoms with Crippen molar-refractivity contribution >= 4 is 17.2 Å². The number of carbonyl (C=O) groups excluding carboxylic acids is 1. The van der Waals surface area contributed by atoms with Crippen molar-refractivity contribution in [2.75, 3.05) is 13.1 Å². The molecule has 1 unspecified atom stereocenters. The minimum absolute atomic E-state index is 0.0264. The van der Waals surface area contributed by atoms with E-state index < -0.39 is 0 Å². The number of aryl methyl sites for hydroxylation is 1. The Morgan fingerprint density at radius 2 is 2.23 bits per heavy atom. The fourth-order valence-electron chi connectivity index (χ4n) is 2.81. The highest BCUT2D eigenvalue weighted by atomic mass is 32.1. The molecule has 3 rings (SSSR count). The van der Waals surface area contributed by atoms with Gasteiger partial charge in [0.1, 0.15) is 11.5 Å². The van der Waals surface area contributed by atoms with Gasteiger partial charge in [0.25, 0.3) is 5.91 Å². The zero-order valence-electron chi connectivity index (χ0n) is 13.3. The molecule has 22 heavy (non-hydrogen) atoms. The van der Waals surface area contributed by atoms with E-state index in [-0.39, 0.29) is 17.6 Å². The Labute approximate surface area is 133 Å². The Morgan fingerprint density at radius 3 is 2.86 bits per heavy atom. The van der Waals surface area contributed by atoms with Crippen molar-refractivity contribution in [3.63, 3.8) is 0 Å². The fourth-order valence-corrected chi connectivity index (χ4v) is 3.56. The number of furan rings is 1. The number of ether oxygens (including phenoxy) is 1. The van der Waals surface area contributed by atoms with Crippen LogP contribution in [0.4, 0.5) is 0 Å². The number of amides is 1. The van der Waals surface area contributed by atoms with Gasteiger partial charge in [-0.1, -0.05) is 0 Å². The van der Waals surface area contributed by atoms with E-state index in [9.17, 15) is 4.79 Å². The Morgan fingerprint density at radius 1 is 1.45 bits per heavy atom. The van der Waals surface area contributed by atoms with E-state index in [1.807, 2.05) is 44.7 Å². The van der Waals surface area contributed by atoms with Gasteiger partial charge in [-0.05, 0) is 39.8 Å². The standard InChI is InChI=1S/C16H20N2O3S/c1-10-5-6-13(20-10)14-17-12(8-22-14)15(19)18-7-11(2)21-16(3,4)9-18/h5-6,8,11H,7,9H2,1-4H3. The third-order valence-corrected chi connectivity index (χ3v) is 4.39. The molecule has 1 saturated heterocycles. The lowest BCUT2D eigenvalue weighted by Gasteiger charge is -2.41. The molecule has 1 aliphatic heterocycles. The molecule has 0 saturated carbocycles. The number of hydrogen-bond acceptors (Lipinski definition) is 5.